The monoisotopic (exact) mass is 310 g/mol. The number of esters is 1. The largest absolute Gasteiger partial charge is 0.469 e. The van der Waals surface area contributed by atoms with Crippen LogP contribution in [0.5, 0.6) is 0 Å². The Morgan fingerprint density at radius 3 is 2.85 bits per heavy atom. The van der Waals surface area contributed by atoms with Gasteiger partial charge in [0.1, 0.15) is 0 Å². The van der Waals surface area contributed by atoms with Gasteiger partial charge in [-0.2, -0.15) is 0 Å². The van der Waals surface area contributed by atoms with E-state index in [9.17, 15) is 4.79 Å². The van der Waals surface area contributed by atoms with Crippen molar-refractivity contribution in [2.24, 2.45) is 0 Å². The van der Waals surface area contributed by atoms with Gasteiger partial charge < -0.3 is 4.74 Å². The summed E-state index contributed by atoms with van der Waals surface area (Å²) in [6.45, 7) is 0. The third kappa shape index (κ3) is 3.15. The maximum Gasteiger partial charge on any atom is 0.309 e. The topological polar surface area (TPSA) is 26.3 Å². The van der Waals surface area contributed by atoms with Crippen LogP contribution in [0, 0.1) is 3.57 Å². The zero-order valence-electron chi connectivity index (χ0n) is 7.01. The minimum Gasteiger partial charge on any atom is -0.469 e. The number of benzene rings is 1. The van der Waals surface area contributed by atoms with Crippen molar-refractivity contribution in [1.29, 1.82) is 0 Å². The Morgan fingerprint density at radius 2 is 2.31 bits per heavy atom. The Kier molecular flexibility index (Phi) is 3.99. The predicted octanol–water partition coefficient (Wildman–Crippen LogP) is 2.66. The standard InChI is InChI=1S/C9H8ClIO2/c1-13-9(12)5-6-2-3-8(11)7(10)4-6/h2-4H,5H2,1H3. The van der Waals surface area contributed by atoms with E-state index in [2.05, 4.69) is 27.3 Å². The second kappa shape index (κ2) is 4.81. The van der Waals surface area contributed by atoms with Gasteiger partial charge in [-0.05, 0) is 40.3 Å². The number of halogens is 2. The molecule has 70 valence electrons. The highest BCUT2D eigenvalue weighted by molar-refractivity contribution is 14.1. The van der Waals surface area contributed by atoms with Gasteiger partial charge >= 0.3 is 5.97 Å². The van der Waals surface area contributed by atoms with E-state index in [1.807, 2.05) is 12.1 Å². The first-order valence-electron chi connectivity index (χ1n) is 3.64. The molecule has 0 spiro atoms. The first-order valence-corrected chi connectivity index (χ1v) is 5.10. The Hall–Kier alpha value is -0.290. The summed E-state index contributed by atoms with van der Waals surface area (Å²) in [5.74, 6) is -0.253. The average molecular weight is 311 g/mol. The lowest BCUT2D eigenvalue weighted by molar-refractivity contribution is -0.139. The third-order valence-electron chi connectivity index (χ3n) is 1.56. The molecule has 0 radical (unpaired) electrons. The first kappa shape index (κ1) is 10.8. The van der Waals surface area contributed by atoms with Crippen LogP contribution in [0.4, 0.5) is 0 Å². The summed E-state index contributed by atoms with van der Waals surface area (Å²) in [6.07, 6.45) is 0.271. The lowest BCUT2D eigenvalue weighted by Crippen LogP contribution is -2.04. The summed E-state index contributed by atoms with van der Waals surface area (Å²) in [5, 5.41) is 0.669. The van der Waals surface area contributed by atoms with Crippen molar-refractivity contribution < 1.29 is 9.53 Å². The van der Waals surface area contributed by atoms with Gasteiger partial charge in [-0.1, -0.05) is 17.7 Å². The van der Waals surface area contributed by atoms with Crippen molar-refractivity contribution in [1.82, 2.24) is 0 Å². The molecule has 0 aliphatic rings. The summed E-state index contributed by atoms with van der Waals surface area (Å²) in [6, 6.07) is 5.52. The molecule has 0 heterocycles. The number of carbonyl (C=O) groups is 1. The Balaban J connectivity index is 2.79. The van der Waals surface area contributed by atoms with Crippen molar-refractivity contribution in [3.8, 4) is 0 Å². The van der Waals surface area contributed by atoms with Crippen molar-refractivity contribution in [3.63, 3.8) is 0 Å². The van der Waals surface area contributed by atoms with Gasteiger partial charge in [0.2, 0.25) is 0 Å². The number of hydrogen-bond donors (Lipinski definition) is 0. The van der Waals surface area contributed by atoms with Crippen LogP contribution in [-0.2, 0) is 16.0 Å². The van der Waals surface area contributed by atoms with E-state index in [0.717, 1.165) is 9.13 Å². The maximum atomic E-state index is 10.9. The van der Waals surface area contributed by atoms with Gasteiger partial charge in [0.05, 0.1) is 18.6 Å². The van der Waals surface area contributed by atoms with E-state index in [-0.39, 0.29) is 12.4 Å². The minimum atomic E-state index is -0.253. The molecular formula is C9H8ClIO2. The molecule has 0 aliphatic heterocycles. The van der Waals surface area contributed by atoms with E-state index in [0.29, 0.717) is 5.02 Å². The molecule has 0 atom stereocenters. The molecule has 2 nitrogen and oxygen atoms in total. The SMILES string of the molecule is COC(=O)Cc1ccc(I)c(Cl)c1. The quantitative estimate of drug-likeness (QED) is 0.620. The minimum absolute atomic E-state index is 0.253. The molecule has 0 N–H and O–H groups in total. The molecule has 0 saturated heterocycles. The molecular weight excluding hydrogens is 302 g/mol. The molecule has 0 aliphatic carbocycles. The van der Waals surface area contributed by atoms with Gasteiger partial charge in [-0.25, -0.2) is 0 Å². The average Bonchev–Trinajstić information content (AvgIpc) is 2.11. The summed E-state index contributed by atoms with van der Waals surface area (Å²) in [4.78, 5) is 10.9. The lowest BCUT2D eigenvalue weighted by atomic mass is 10.1. The fourth-order valence-corrected chi connectivity index (χ4v) is 1.43. The second-order valence-electron chi connectivity index (χ2n) is 2.50. The Morgan fingerprint density at radius 1 is 1.62 bits per heavy atom. The van der Waals surface area contributed by atoms with Gasteiger partial charge in [-0.3, -0.25) is 4.79 Å². The highest BCUT2D eigenvalue weighted by atomic mass is 127. The van der Waals surface area contributed by atoms with E-state index in [1.54, 1.807) is 6.07 Å². The van der Waals surface area contributed by atoms with E-state index in [1.165, 1.54) is 7.11 Å². The number of hydrogen-bond acceptors (Lipinski definition) is 2. The molecule has 0 amide bonds. The lowest BCUT2D eigenvalue weighted by Gasteiger charge is -2.01. The summed E-state index contributed by atoms with van der Waals surface area (Å²) in [7, 11) is 1.37. The molecule has 1 rings (SSSR count). The Bertz CT molecular complexity index is 325. The third-order valence-corrected chi connectivity index (χ3v) is 3.13. The zero-order valence-corrected chi connectivity index (χ0v) is 9.93. The maximum absolute atomic E-state index is 10.9. The molecule has 4 heteroatoms. The highest BCUT2D eigenvalue weighted by Crippen LogP contribution is 2.19. The number of rotatable bonds is 2. The molecule has 1 aromatic carbocycles. The van der Waals surface area contributed by atoms with Crippen LogP contribution < -0.4 is 0 Å². The summed E-state index contributed by atoms with van der Waals surface area (Å²) in [5.41, 5.74) is 0.872. The summed E-state index contributed by atoms with van der Waals surface area (Å²) >= 11 is 8.02. The van der Waals surface area contributed by atoms with Crippen LogP contribution >= 0.6 is 34.2 Å². The first-order chi connectivity index (χ1) is 6.13. The zero-order chi connectivity index (χ0) is 9.84. The van der Waals surface area contributed by atoms with E-state index >= 15 is 0 Å². The van der Waals surface area contributed by atoms with Crippen LogP contribution in [0.3, 0.4) is 0 Å². The van der Waals surface area contributed by atoms with Crippen LogP contribution in [0.15, 0.2) is 18.2 Å². The van der Waals surface area contributed by atoms with Crippen molar-refractivity contribution in [2.45, 2.75) is 6.42 Å². The van der Waals surface area contributed by atoms with Crippen molar-refractivity contribution >= 4 is 40.2 Å². The van der Waals surface area contributed by atoms with Gasteiger partial charge in [0.15, 0.2) is 0 Å². The van der Waals surface area contributed by atoms with Crippen molar-refractivity contribution in [3.05, 3.63) is 32.4 Å². The number of ether oxygens (including phenoxy) is 1. The van der Waals surface area contributed by atoms with E-state index in [4.69, 9.17) is 11.6 Å². The fourth-order valence-electron chi connectivity index (χ4n) is 0.888. The van der Waals surface area contributed by atoms with Crippen LogP contribution in [0.1, 0.15) is 5.56 Å². The van der Waals surface area contributed by atoms with Gasteiger partial charge in [0.25, 0.3) is 0 Å². The van der Waals surface area contributed by atoms with Crippen LogP contribution in [0.2, 0.25) is 5.02 Å². The Labute approximate surface area is 95.4 Å². The summed E-state index contributed by atoms with van der Waals surface area (Å²) < 4.78 is 5.52. The van der Waals surface area contributed by atoms with E-state index < -0.39 is 0 Å². The number of carbonyl (C=O) groups excluding carboxylic acids is 1. The molecule has 0 bridgehead atoms. The van der Waals surface area contributed by atoms with Crippen LogP contribution in [0.25, 0.3) is 0 Å². The van der Waals surface area contributed by atoms with Gasteiger partial charge in [0, 0.05) is 3.57 Å². The number of methoxy groups -OCH3 is 1. The van der Waals surface area contributed by atoms with Crippen LogP contribution in [-0.4, -0.2) is 13.1 Å². The molecule has 0 aromatic heterocycles. The molecule has 13 heavy (non-hydrogen) atoms. The van der Waals surface area contributed by atoms with Gasteiger partial charge in [-0.15, -0.1) is 0 Å². The normalized spacial score (nSPS) is 9.77. The molecule has 0 unspecified atom stereocenters. The fraction of sp³-hybridized carbons (Fsp3) is 0.222. The molecule has 0 fully saturated rings. The molecule has 0 saturated carbocycles. The second-order valence-corrected chi connectivity index (χ2v) is 4.07. The highest BCUT2D eigenvalue weighted by Gasteiger charge is 2.04. The van der Waals surface area contributed by atoms with Crippen molar-refractivity contribution in [2.75, 3.05) is 7.11 Å². The smallest absolute Gasteiger partial charge is 0.309 e. The molecule has 1 aromatic rings. The predicted molar refractivity (Wildman–Crippen MR) is 59.9 cm³/mol.